The maximum absolute atomic E-state index is 10.6. The topological polar surface area (TPSA) is 40.5 Å². The molecule has 1 fully saturated rings. The van der Waals surface area contributed by atoms with Crippen LogP contribution in [-0.4, -0.2) is 41.0 Å². The number of carboxylic acids is 1. The van der Waals surface area contributed by atoms with Crippen molar-refractivity contribution >= 4 is 17.6 Å². The number of likely N-dealkylation sites (tertiary alicyclic amines) is 1. The van der Waals surface area contributed by atoms with E-state index in [2.05, 4.69) is 0 Å². The number of hydrogen-bond acceptors (Lipinski definition) is 2. The Bertz CT molecular complexity index is 151. The molecule has 0 radical (unpaired) electrons. The second-order valence-corrected chi connectivity index (χ2v) is 3.10. The number of nitrogens with zero attached hydrogens (tertiary/aromatic N) is 1. The predicted molar refractivity (Wildman–Crippen MR) is 43.0 cm³/mol. The molecule has 0 aromatic rings. The Morgan fingerprint density at radius 1 is 1.73 bits per heavy atom. The maximum atomic E-state index is 10.6. The van der Waals surface area contributed by atoms with E-state index in [0.717, 1.165) is 19.4 Å². The van der Waals surface area contributed by atoms with Crippen LogP contribution >= 0.6 is 11.6 Å². The normalized spacial score (nSPS) is 25.7. The number of halogens is 1. The van der Waals surface area contributed by atoms with E-state index in [9.17, 15) is 4.79 Å². The van der Waals surface area contributed by atoms with Gasteiger partial charge in [-0.2, -0.15) is 0 Å². The van der Waals surface area contributed by atoms with E-state index in [1.807, 2.05) is 4.90 Å². The minimum atomic E-state index is -0.715. The molecular formula is C7H12ClNO2. The molecule has 1 aliphatic rings. The van der Waals surface area contributed by atoms with Crippen molar-refractivity contribution in [1.29, 1.82) is 0 Å². The lowest BCUT2D eigenvalue weighted by Gasteiger charge is -2.18. The lowest BCUT2D eigenvalue weighted by atomic mass is 10.2. The largest absolute Gasteiger partial charge is 0.480 e. The van der Waals surface area contributed by atoms with Gasteiger partial charge in [0, 0.05) is 12.4 Å². The molecule has 0 spiro atoms. The summed E-state index contributed by atoms with van der Waals surface area (Å²) in [5, 5.41) is 8.73. The molecule has 4 heteroatoms. The second kappa shape index (κ2) is 3.93. The number of carboxylic acid groups (broad SMARTS) is 1. The minimum absolute atomic E-state index is 0.284. The molecule has 0 bridgehead atoms. The molecule has 1 rings (SSSR count). The smallest absolute Gasteiger partial charge is 0.320 e. The molecule has 11 heavy (non-hydrogen) atoms. The predicted octanol–water partition coefficient (Wildman–Crippen LogP) is 0.774. The standard InChI is InChI=1S/C7H12ClNO2/c8-3-5-9-4-1-2-6(9)7(10)11/h6H,1-5H2,(H,10,11)/t6-/m0/s1. The van der Waals surface area contributed by atoms with Crippen molar-refractivity contribution in [3.63, 3.8) is 0 Å². The van der Waals surface area contributed by atoms with Crippen LogP contribution in [0.1, 0.15) is 12.8 Å². The highest BCUT2D eigenvalue weighted by atomic mass is 35.5. The molecule has 1 saturated heterocycles. The van der Waals surface area contributed by atoms with Crippen LogP contribution in [-0.2, 0) is 4.79 Å². The molecule has 1 heterocycles. The SMILES string of the molecule is O=C(O)[C@@H]1CCCN1CCCl. The van der Waals surface area contributed by atoms with Crippen LogP contribution in [0.15, 0.2) is 0 Å². The molecule has 0 aliphatic carbocycles. The van der Waals surface area contributed by atoms with E-state index in [0.29, 0.717) is 12.4 Å². The van der Waals surface area contributed by atoms with Crippen molar-refractivity contribution in [1.82, 2.24) is 4.90 Å². The fourth-order valence-corrected chi connectivity index (χ4v) is 1.70. The summed E-state index contributed by atoms with van der Waals surface area (Å²) in [5.74, 6) is -0.198. The van der Waals surface area contributed by atoms with Crippen molar-refractivity contribution in [3.8, 4) is 0 Å². The van der Waals surface area contributed by atoms with Crippen molar-refractivity contribution < 1.29 is 9.90 Å². The van der Waals surface area contributed by atoms with Crippen LogP contribution in [0.25, 0.3) is 0 Å². The first-order valence-electron chi connectivity index (χ1n) is 3.78. The van der Waals surface area contributed by atoms with E-state index in [1.165, 1.54) is 0 Å². The minimum Gasteiger partial charge on any atom is -0.480 e. The van der Waals surface area contributed by atoms with Crippen LogP contribution < -0.4 is 0 Å². The lowest BCUT2D eigenvalue weighted by molar-refractivity contribution is -0.142. The Balaban J connectivity index is 2.44. The van der Waals surface area contributed by atoms with Gasteiger partial charge in [-0.15, -0.1) is 11.6 Å². The quantitative estimate of drug-likeness (QED) is 0.648. The van der Waals surface area contributed by atoms with Gasteiger partial charge in [0.25, 0.3) is 0 Å². The zero-order valence-electron chi connectivity index (χ0n) is 6.29. The molecule has 64 valence electrons. The summed E-state index contributed by atoms with van der Waals surface area (Å²) in [7, 11) is 0. The summed E-state index contributed by atoms with van der Waals surface area (Å²) >= 11 is 5.52. The molecular weight excluding hydrogens is 166 g/mol. The fourth-order valence-electron chi connectivity index (χ4n) is 1.48. The first kappa shape index (κ1) is 8.81. The highest BCUT2D eigenvalue weighted by Crippen LogP contribution is 2.16. The number of carbonyl (C=O) groups is 1. The lowest BCUT2D eigenvalue weighted by Crippen LogP contribution is -2.37. The third kappa shape index (κ3) is 2.07. The van der Waals surface area contributed by atoms with Crippen LogP contribution in [0.5, 0.6) is 0 Å². The summed E-state index contributed by atoms with van der Waals surface area (Å²) in [6.45, 7) is 1.57. The molecule has 1 N–H and O–H groups in total. The molecule has 0 unspecified atom stereocenters. The highest BCUT2D eigenvalue weighted by Gasteiger charge is 2.29. The van der Waals surface area contributed by atoms with Gasteiger partial charge < -0.3 is 5.11 Å². The summed E-state index contributed by atoms with van der Waals surface area (Å²) in [6, 6.07) is -0.284. The third-order valence-corrected chi connectivity index (χ3v) is 2.19. The molecule has 0 aromatic heterocycles. The fraction of sp³-hybridized carbons (Fsp3) is 0.857. The Hall–Kier alpha value is -0.280. The van der Waals surface area contributed by atoms with Gasteiger partial charge in [0.2, 0.25) is 0 Å². The summed E-state index contributed by atoms with van der Waals surface area (Å²) in [4.78, 5) is 12.5. The van der Waals surface area contributed by atoms with Crippen molar-refractivity contribution in [2.24, 2.45) is 0 Å². The summed E-state index contributed by atoms with van der Waals surface area (Å²) in [6.07, 6.45) is 1.75. The van der Waals surface area contributed by atoms with Gasteiger partial charge in [0.15, 0.2) is 0 Å². The molecule has 0 saturated carbocycles. The molecule has 3 nitrogen and oxygen atoms in total. The molecule has 1 aliphatic heterocycles. The number of rotatable bonds is 3. The van der Waals surface area contributed by atoms with Crippen LogP contribution in [0.4, 0.5) is 0 Å². The average molecular weight is 178 g/mol. The van der Waals surface area contributed by atoms with Crippen LogP contribution in [0.3, 0.4) is 0 Å². The third-order valence-electron chi connectivity index (χ3n) is 2.02. The van der Waals surface area contributed by atoms with Gasteiger partial charge >= 0.3 is 5.97 Å². The van der Waals surface area contributed by atoms with Gasteiger partial charge in [-0.1, -0.05) is 0 Å². The number of hydrogen-bond donors (Lipinski definition) is 1. The molecule has 1 atom stereocenters. The Morgan fingerprint density at radius 3 is 3.00 bits per heavy atom. The van der Waals surface area contributed by atoms with Gasteiger partial charge in [-0.3, -0.25) is 9.69 Å². The van der Waals surface area contributed by atoms with E-state index in [4.69, 9.17) is 16.7 Å². The van der Waals surface area contributed by atoms with Crippen LogP contribution in [0, 0.1) is 0 Å². The Morgan fingerprint density at radius 2 is 2.45 bits per heavy atom. The zero-order valence-corrected chi connectivity index (χ0v) is 7.05. The van der Waals surface area contributed by atoms with Crippen LogP contribution in [0.2, 0.25) is 0 Å². The van der Waals surface area contributed by atoms with E-state index in [-0.39, 0.29) is 6.04 Å². The molecule has 0 aromatic carbocycles. The van der Waals surface area contributed by atoms with Gasteiger partial charge in [0.1, 0.15) is 6.04 Å². The number of aliphatic carboxylic acids is 1. The molecule has 0 amide bonds. The highest BCUT2D eigenvalue weighted by molar-refractivity contribution is 6.18. The van der Waals surface area contributed by atoms with Gasteiger partial charge in [-0.25, -0.2) is 0 Å². The monoisotopic (exact) mass is 177 g/mol. The first-order chi connectivity index (χ1) is 5.25. The van der Waals surface area contributed by atoms with E-state index in [1.54, 1.807) is 0 Å². The van der Waals surface area contributed by atoms with Crippen molar-refractivity contribution in [3.05, 3.63) is 0 Å². The zero-order chi connectivity index (χ0) is 8.27. The van der Waals surface area contributed by atoms with Crippen molar-refractivity contribution in [2.75, 3.05) is 19.0 Å². The average Bonchev–Trinajstić information content (AvgIpc) is 2.36. The second-order valence-electron chi connectivity index (χ2n) is 2.72. The van der Waals surface area contributed by atoms with E-state index < -0.39 is 5.97 Å². The Kier molecular flexibility index (Phi) is 3.15. The van der Waals surface area contributed by atoms with Gasteiger partial charge in [0.05, 0.1) is 0 Å². The first-order valence-corrected chi connectivity index (χ1v) is 4.32. The maximum Gasteiger partial charge on any atom is 0.320 e. The summed E-state index contributed by atoms with van der Waals surface area (Å²) in [5.41, 5.74) is 0. The Labute approximate surface area is 70.9 Å². The number of alkyl halides is 1. The van der Waals surface area contributed by atoms with Gasteiger partial charge in [-0.05, 0) is 19.4 Å². The van der Waals surface area contributed by atoms with E-state index >= 15 is 0 Å². The summed E-state index contributed by atoms with van der Waals surface area (Å²) < 4.78 is 0. The van der Waals surface area contributed by atoms with Crippen molar-refractivity contribution in [2.45, 2.75) is 18.9 Å².